The first-order valence-corrected chi connectivity index (χ1v) is 6.60. The smallest absolute Gasteiger partial charge is 0.0826 e. The van der Waals surface area contributed by atoms with Crippen LogP contribution in [-0.2, 0) is 4.74 Å². The molecule has 1 heterocycles. The molecule has 0 amide bonds. The van der Waals surface area contributed by atoms with Crippen molar-refractivity contribution in [1.82, 2.24) is 0 Å². The lowest BCUT2D eigenvalue weighted by atomic mass is 10.0. The first-order chi connectivity index (χ1) is 7.59. The standard InChI is InChI=1S/C12H17IN2O/c1-12(5-2-6-16-12)8-15-11-4-3-9(13)7-10(11)14/h3-4,7,15H,2,5-6,8,14H2,1H3. The number of rotatable bonds is 3. The summed E-state index contributed by atoms with van der Waals surface area (Å²) in [6.07, 6.45) is 2.27. The third-order valence-corrected chi connectivity index (χ3v) is 3.64. The lowest BCUT2D eigenvalue weighted by Gasteiger charge is -2.24. The SMILES string of the molecule is CC1(CNc2ccc(I)cc2N)CCCO1. The second-order valence-electron chi connectivity index (χ2n) is 4.49. The number of nitrogens with one attached hydrogen (secondary N) is 1. The summed E-state index contributed by atoms with van der Waals surface area (Å²) >= 11 is 2.26. The molecule has 1 fully saturated rings. The number of nitrogens with two attached hydrogens (primary N) is 1. The Hall–Kier alpha value is -0.490. The van der Waals surface area contributed by atoms with Gasteiger partial charge in [0.1, 0.15) is 0 Å². The van der Waals surface area contributed by atoms with Crippen LogP contribution in [0.25, 0.3) is 0 Å². The Balaban J connectivity index is 1.99. The van der Waals surface area contributed by atoms with Gasteiger partial charge in [-0.2, -0.15) is 0 Å². The van der Waals surface area contributed by atoms with Crippen LogP contribution in [0.1, 0.15) is 19.8 Å². The van der Waals surface area contributed by atoms with Crippen molar-refractivity contribution in [2.75, 3.05) is 24.2 Å². The quantitative estimate of drug-likeness (QED) is 0.661. The molecular formula is C12H17IN2O. The third-order valence-electron chi connectivity index (χ3n) is 2.97. The van der Waals surface area contributed by atoms with E-state index < -0.39 is 0 Å². The largest absolute Gasteiger partial charge is 0.397 e. The fourth-order valence-electron chi connectivity index (χ4n) is 1.95. The van der Waals surface area contributed by atoms with E-state index in [2.05, 4.69) is 40.9 Å². The summed E-state index contributed by atoms with van der Waals surface area (Å²) in [6.45, 7) is 3.84. The number of ether oxygens (including phenoxy) is 1. The van der Waals surface area contributed by atoms with Gasteiger partial charge >= 0.3 is 0 Å². The van der Waals surface area contributed by atoms with Gasteiger partial charge in [0, 0.05) is 16.7 Å². The van der Waals surface area contributed by atoms with Crippen molar-refractivity contribution < 1.29 is 4.74 Å². The van der Waals surface area contributed by atoms with Gasteiger partial charge in [0.15, 0.2) is 0 Å². The van der Waals surface area contributed by atoms with Crippen LogP contribution in [0.15, 0.2) is 18.2 Å². The van der Waals surface area contributed by atoms with E-state index in [-0.39, 0.29) is 5.60 Å². The summed E-state index contributed by atoms with van der Waals surface area (Å²) in [7, 11) is 0. The molecule has 0 saturated carbocycles. The Morgan fingerprint density at radius 1 is 1.56 bits per heavy atom. The van der Waals surface area contributed by atoms with Gasteiger partial charge < -0.3 is 15.8 Å². The number of hydrogen-bond donors (Lipinski definition) is 2. The van der Waals surface area contributed by atoms with Crippen LogP contribution in [0.3, 0.4) is 0 Å². The molecule has 1 atom stereocenters. The van der Waals surface area contributed by atoms with Gasteiger partial charge in [-0.3, -0.25) is 0 Å². The normalized spacial score (nSPS) is 24.6. The zero-order chi connectivity index (χ0) is 11.6. The summed E-state index contributed by atoms with van der Waals surface area (Å²) in [6, 6.07) is 6.05. The van der Waals surface area contributed by atoms with Gasteiger partial charge in [-0.15, -0.1) is 0 Å². The van der Waals surface area contributed by atoms with Crippen molar-refractivity contribution in [1.29, 1.82) is 0 Å². The monoisotopic (exact) mass is 332 g/mol. The Bertz CT molecular complexity index is 375. The molecule has 4 heteroatoms. The lowest BCUT2D eigenvalue weighted by Crippen LogP contribution is -2.32. The minimum atomic E-state index is -0.0323. The third kappa shape index (κ3) is 2.79. The van der Waals surface area contributed by atoms with Crippen molar-refractivity contribution in [2.45, 2.75) is 25.4 Å². The summed E-state index contributed by atoms with van der Waals surface area (Å²) in [5.74, 6) is 0. The molecule has 0 radical (unpaired) electrons. The molecule has 1 aromatic rings. The fourth-order valence-corrected chi connectivity index (χ4v) is 2.47. The van der Waals surface area contributed by atoms with E-state index in [1.807, 2.05) is 12.1 Å². The minimum Gasteiger partial charge on any atom is -0.397 e. The van der Waals surface area contributed by atoms with E-state index in [4.69, 9.17) is 10.5 Å². The van der Waals surface area contributed by atoms with Gasteiger partial charge in [0.25, 0.3) is 0 Å². The van der Waals surface area contributed by atoms with E-state index in [1.165, 1.54) is 0 Å². The molecule has 1 unspecified atom stereocenters. The van der Waals surface area contributed by atoms with Crippen LogP contribution in [0.4, 0.5) is 11.4 Å². The number of nitrogen functional groups attached to an aromatic ring is 1. The van der Waals surface area contributed by atoms with Crippen molar-refractivity contribution in [3.05, 3.63) is 21.8 Å². The van der Waals surface area contributed by atoms with Crippen molar-refractivity contribution in [3.8, 4) is 0 Å². The molecule has 0 aliphatic carbocycles. The van der Waals surface area contributed by atoms with Crippen LogP contribution < -0.4 is 11.1 Å². The molecular weight excluding hydrogens is 315 g/mol. The number of halogens is 1. The van der Waals surface area contributed by atoms with Gasteiger partial charge in [-0.05, 0) is 60.6 Å². The first-order valence-electron chi connectivity index (χ1n) is 5.52. The second kappa shape index (κ2) is 4.79. The molecule has 0 aromatic heterocycles. The molecule has 0 spiro atoms. The van der Waals surface area contributed by atoms with E-state index in [0.29, 0.717) is 0 Å². The zero-order valence-electron chi connectivity index (χ0n) is 9.42. The molecule has 1 aliphatic rings. The Morgan fingerprint density at radius 2 is 2.38 bits per heavy atom. The van der Waals surface area contributed by atoms with Gasteiger partial charge in [0.05, 0.1) is 17.0 Å². The lowest BCUT2D eigenvalue weighted by molar-refractivity contribution is 0.0315. The molecule has 1 aliphatic heterocycles. The second-order valence-corrected chi connectivity index (χ2v) is 5.73. The van der Waals surface area contributed by atoms with Crippen molar-refractivity contribution >= 4 is 34.0 Å². The Labute approximate surface area is 110 Å². The highest BCUT2D eigenvalue weighted by Gasteiger charge is 2.29. The van der Waals surface area contributed by atoms with Crippen molar-refractivity contribution in [3.63, 3.8) is 0 Å². The molecule has 3 nitrogen and oxygen atoms in total. The van der Waals surface area contributed by atoms with E-state index in [1.54, 1.807) is 0 Å². The predicted molar refractivity (Wildman–Crippen MR) is 75.7 cm³/mol. The molecule has 1 aromatic carbocycles. The maximum Gasteiger partial charge on any atom is 0.0826 e. The summed E-state index contributed by atoms with van der Waals surface area (Å²) < 4.78 is 6.88. The summed E-state index contributed by atoms with van der Waals surface area (Å²) in [5.41, 5.74) is 7.71. The van der Waals surface area contributed by atoms with E-state index in [9.17, 15) is 0 Å². The molecule has 2 rings (SSSR count). The van der Waals surface area contributed by atoms with E-state index >= 15 is 0 Å². The highest BCUT2D eigenvalue weighted by Crippen LogP contribution is 2.27. The maximum absolute atomic E-state index is 5.94. The van der Waals surface area contributed by atoms with Crippen LogP contribution in [0.2, 0.25) is 0 Å². The molecule has 16 heavy (non-hydrogen) atoms. The van der Waals surface area contributed by atoms with Crippen molar-refractivity contribution in [2.24, 2.45) is 0 Å². The molecule has 0 bridgehead atoms. The van der Waals surface area contributed by atoms with Gasteiger partial charge in [-0.1, -0.05) is 0 Å². The van der Waals surface area contributed by atoms with Crippen LogP contribution in [-0.4, -0.2) is 18.8 Å². The highest BCUT2D eigenvalue weighted by atomic mass is 127. The van der Waals surface area contributed by atoms with Crippen LogP contribution in [0.5, 0.6) is 0 Å². The zero-order valence-corrected chi connectivity index (χ0v) is 11.6. The summed E-state index contributed by atoms with van der Waals surface area (Å²) in [4.78, 5) is 0. The molecule has 3 N–H and O–H groups in total. The minimum absolute atomic E-state index is 0.0323. The average Bonchev–Trinajstić information content (AvgIpc) is 2.64. The topological polar surface area (TPSA) is 47.3 Å². The predicted octanol–water partition coefficient (Wildman–Crippen LogP) is 2.85. The van der Waals surface area contributed by atoms with Crippen LogP contribution in [0, 0.1) is 3.57 Å². The Kier molecular flexibility index (Phi) is 3.59. The Morgan fingerprint density at radius 3 is 3.00 bits per heavy atom. The first kappa shape index (κ1) is 12.0. The van der Waals surface area contributed by atoms with Crippen LogP contribution >= 0.6 is 22.6 Å². The average molecular weight is 332 g/mol. The number of anilines is 2. The van der Waals surface area contributed by atoms with Gasteiger partial charge in [-0.25, -0.2) is 0 Å². The highest BCUT2D eigenvalue weighted by molar-refractivity contribution is 14.1. The number of benzene rings is 1. The molecule has 1 saturated heterocycles. The number of hydrogen-bond acceptors (Lipinski definition) is 3. The molecule has 88 valence electrons. The van der Waals surface area contributed by atoms with Gasteiger partial charge in [0.2, 0.25) is 0 Å². The fraction of sp³-hybridized carbons (Fsp3) is 0.500. The summed E-state index contributed by atoms with van der Waals surface area (Å²) in [5, 5.41) is 3.37. The maximum atomic E-state index is 5.94. The van der Waals surface area contributed by atoms with E-state index in [0.717, 1.165) is 40.9 Å².